The van der Waals surface area contributed by atoms with E-state index in [1.165, 1.54) is 24.3 Å². The molecule has 2 N–H and O–H groups in total. The smallest absolute Gasteiger partial charge is 0.258 e. The van der Waals surface area contributed by atoms with E-state index in [1.807, 2.05) is 0 Å². The maximum atomic E-state index is 12.5. The van der Waals surface area contributed by atoms with Gasteiger partial charge in [0, 0.05) is 6.54 Å². The van der Waals surface area contributed by atoms with E-state index in [1.54, 1.807) is 0 Å². The van der Waals surface area contributed by atoms with Gasteiger partial charge in [0.1, 0.15) is 11.6 Å². The number of aliphatic hydroxyl groups is 1. The van der Waals surface area contributed by atoms with Crippen LogP contribution in [0.25, 0.3) is 0 Å². The van der Waals surface area contributed by atoms with Gasteiger partial charge in [0.15, 0.2) is 6.61 Å². The van der Waals surface area contributed by atoms with Crippen molar-refractivity contribution in [3.63, 3.8) is 0 Å². The number of nitrogens with one attached hydrogen (secondary N) is 1. The third kappa shape index (κ3) is 4.42. The Morgan fingerprint density at radius 1 is 1.40 bits per heavy atom. The summed E-state index contributed by atoms with van der Waals surface area (Å²) in [6.07, 6.45) is 0. The summed E-state index contributed by atoms with van der Waals surface area (Å²) in [6.45, 7) is -0.0560. The van der Waals surface area contributed by atoms with Gasteiger partial charge in [-0.3, -0.25) is 4.79 Å². The highest BCUT2D eigenvalue weighted by Gasteiger charge is 2.01. The van der Waals surface area contributed by atoms with Crippen LogP contribution in [0.3, 0.4) is 0 Å². The van der Waals surface area contributed by atoms with Crippen molar-refractivity contribution in [2.24, 2.45) is 0 Å². The second-order valence-electron chi connectivity index (χ2n) is 2.82. The van der Waals surface area contributed by atoms with Crippen LogP contribution in [0.1, 0.15) is 0 Å². The summed E-state index contributed by atoms with van der Waals surface area (Å²) in [5, 5.41) is 10.9. The van der Waals surface area contributed by atoms with E-state index in [0.29, 0.717) is 5.75 Å². The molecular weight excluding hydrogens is 201 g/mol. The molecule has 15 heavy (non-hydrogen) atoms. The highest BCUT2D eigenvalue weighted by atomic mass is 19.1. The minimum absolute atomic E-state index is 0.109. The first-order valence-corrected chi connectivity index (χ1v) is 4.48. The molecule has 0 radical (unpaired) electrons. The predicted octanol–water partition coefficient (Wildman–Crippen LogP) is 0.313. The monoisotopic (exact) mass is 213 g/mol. The van der Waals surface area contributed by atoms with Crippen LogP contribution in [0.5, 0.6) is 5.75 Å². The first kappa shape index (κ1) is 11.5. The maximum Gasteiger partial charge on any atom is 0.258 e. The largest absolute Gasteiger partial charge is 0.484 e. The highest BCUT2D eigenvalue weighted by Crippen LogP contribution is 2.10. The number of ether oxygens (including phenoxy) is 1. The van der Waals surface area contributed by atoms with Gasteiger partial charge in [0.05, 0.1) is 6.61 Å². The van der Waals surface area contributed by atoms with E-state index < -0.39 is 0 Å². The molecule has 0 saturated carbocycles. The molecule has 0 aliphatic carbocycles. The summed E-state index contributed by atoms with van der Waals surface area (Å²) in [5.74, 6) is -0.254. The van der Waals surface area contributed by atoms with Crippen LogP contribution in [0.15, 0.2) is 24.3 Å². The van der Waals surface area contributed by atoms with E-state index in [9.17, 15) is 9.18 Å². The minimum atomic E-state index is -0.355. The van der Waals surface area contributed by atoms with Crippen molar-refractivity contribution < 1.29 is 19.0 Å². The van der Waals surface area contributed by atoms with Gasteiger partial charge < -0.3 is 15.2 Å². The molecule has 0 aliphatic heterocycles. The molecule has 1 aromatic rings. The van der Waals surface area contributed by atoms with Crippen molar-refractivity contribution in [1.82, 2.24) is 5.32 Å². The minimum Gasteiger partial charge on any atom is -0.484 e. The molecule has 1 aromatic carbocycles. The fourth-order valence-corrected chi connectivity index (χ4v) is 0.926. The lowest BCUT2D eigenvalue weighted by Crippen LogP contribution is -2.31. The lowest BCUT2D eigenvalue weighted by Gasteiger charge is -2.05. The molecule has 0 unspecified atom stereocenters. The summed E-state index contributed by atoms with van der Waals surface area (Å²) >= 11 is 0. The molecule has 82 valence electrons. The van der Waals surface area contributed by atoms with Gasteiger partial charge in [-0.05, 0) is 24.3 Å². The number of benzene rings is 1. The summed E-state index contributed by atoms with van der Waals surface area (Å²) in [4.78, 5) is 11.0. The van der Waals surface area contributed by atoms with Crippen molar-refractivity contribution in [3.8, 4) is 5.75 Å². The molecule has 1 amide bonds. The Kier molecular flexibility index (Phi) is 4.56. The van der Waals surface area contributed by atoms with Gasteiger partial charge in [-0.1, -0.05) is 0 Å². The SMILES string of the molecule is O=C(COc1ccc(F)cc1)NCCO. The Morgan fingerprint density at radius 3 is 2.67 bits per heavy atom. The standard InChI is InChI=1S/C10H12FNO3/c11-8-1-3-9(4-2-8)15-7-10(14)12-5-6-13/h1-4,13H,5-7H2,(H,12,14). The Morgan fingerprint density at radius 2 is 2.07 bits per heavy atom. The second-order valence-corrected chi connectivity index (χ2v) is 2.82. The molecule has 0 atom stereocenters. The summed E-state index contributed by atoms with van der Waals surface area (Å²) in [6, 6.07) is 5.38. The number of hydrogen-bond acceptors (Lipinski definition) is 3. The van der Waals surface area contributed by atoms with E-state index in [0.717, 1.165) is 0 Å². The van der Waals surface area contributed by atoms with Gasteiger partial charge in [0.2, 0.25) is 0 Å². The van der Waals surface area contributed by atoms with Crippen LogP contribution in [-0.2, 0) is 4.79 Å². The van der Waals surface area contributed by atoms with Crippen LogP contribution in [0, 0.1) is 5.82 Å². The van der Waals surface area contributed by atoms with Crippen LogP contribution in [0.4, 0.5) is 4.39 Å². The predicted molar refractivity (Wildman–Crippen MR) is 52.0 cm³/mol. The van der Waals surface area contributed by atoms with Crippen LogP contribution < -0.4 is 10.1 Å². The normalized spacial score (nSPS) is 9.73. The lowest BCUT2D eigenvalue weighted by atomic mass is 10.3. The lowest BCUT2D eigenvalue weighted by molar-refractivity contribution is -0.123. The number of carbonyl (C=O) groups excluding carboxylic acids is 1. The van der Waals surface area contributed by atoms with Gasteiger partial charge in [-0.2, -0.15) is 0 Å². The number of amides is 1. The Hall–Kier alpha value is -1.62. The molecule has 0 aliphatic rings. The number of hydrogen-bond donors (Lipinski definition) is 2. The molecule has 0 saturated heterocycles. The molecule has 4 nitrogen and oxygen atoms in total. The zero-order valence-electron chi connectivity index (χ0n) is 8.07. The van der Waals surface area contributed by atoms with Gasteiger partial charge in [0.25, 0.3) is 5.91 Å². The molecule has 0 spiro atoms. The molecule has 0 aromatic heterocycles. The quantitative estimate of drug-likeness (QED) is 0.740. The summed E-state index contributed by atoms with van der Waals surface area (Å²) in [7, 11) is 0. The fourth-order valence-electron chi connectivity index (χ4n) is 0.926. The second kappa shape index (κ2) is 5.98. The van der Waals surface area contributed by atoms with Gasteiger partial charge in [-0.15, -0.1) is 0 Å². The average Bonchev–Trinajstić information content (AvgIpc) is 2.25. The van der Waals surface area contributed by atoms with Crippen molar-refractivity contribution >= 4 is 5.91 Å². The van der Waals surface area contributed by atoms with Crippen LogP contribution in [0.2, 0.25) is 0 Å². The number of aliphatic hydroxyl groups excluding tert-OH is 1. The zero-order chi connectivity index (χ0) is 11.1. The first-order chi connectivity index (χ1) is 7.22. The van der Waals surface area contributed by atoms with E-state index >= 15 is 0 Å². The Bertz CT molecular complexity index is 313. The average molecular weight is 213 g/mol. The summed E-state index contributed by atoms with van der Waals surface area (Å²) < 4.78 is 17.5. The van der Waals surface area contributed by atoms with Crippen LogP contribution in [-0.4, -0.2) is 30.8 Å². The highest BCUT2D eigenvalue weighted by molar-refractivity contribution is 5.77. The van der Waals surface area contributed by atoms with Crippen molar-refractivity contribution in [3.05, 3.63) is 30.1 Å². The third-order valence-electron chi connectivity index (χ3n) is 1.62. The Balaban J connectivity index is 2.30. The van der Waals surface area contributed by atoms with Crippen molar-refractivity contribution in [2.75, 3.05) is 19.8 Å². The maximum absolute atomic E-state index is 12.5. The number of halogens is 1. The fraction of sp³-hybridized carbons (Fsp3) is 0.300. The number of carbonyl (C=O) groups is 1. The molecule has 0 bridgehead atoms. The molecule has 1 rings (SSSR count). The molecule has 0 heterocycles. The van der Waals surface area contributed by atoms with Crippen molar-refractivity contribution in [2.45, 2.75) is 0 Å². The third-order valence-corrected chi connectivity index (χ3v) is 1.62. The summed E-state index contributed by atoms with van der Waals surface area (Å²) in [5.41, 5.74) is 0. The van der Waals surface area contributed by atoms with E-state index in [-0.39, 0.29) is 31.5 Å². The van der Waals surface area contributed by atoms with Crippen molar-refractivity contribution in [1.29, 1.82) is 0 Å². The van der Waals surface area contributed by atoms with Gasteiger partial charge in [-0.25, -0.2) is 4.39 Å². The molecule has 5 heteroatoms. The molecular formula is C10H12FNO3. The zero-order valence-corrected chi connectivity index (χ0v) is 8.07. The molecule has 0 fully saturated rings. The Labute approximate surface area is 86.7 Å². The number of rotatable bonds is 5. The van der Waals surface area contributed by atoms with Crippen LogP contribution >= 0.6 is 0 Å². The van der Waals surface area contributed by atoms with E-state index in [4.69, 9.17) is 9.84 Å². The first-order valence-electron chi connectivity index (χ1n) is 4.48. The topological polar surface area (TPSA) is 58.6 Å². The van der Waals surface area contributed by atoms with E-state index in [2.05, 4.69) is 5.32 Å². The van der Waals surface area contributed by atoms with Gasteiger partial charge >= 0.3 is 0 Å².